The van der Waals surface area contributed by atoms with Crippen molar-refractivity contribution >= 4 is 11.9 Å². The minimum Gasteiger partial charge on any atom is -0.503 e. The van der Waals surface area contributed by atoms with Crippen LogP contribution in [0.25, 0.3) is 0 Å². The molecule has 3 rings (SSSR count). The van der Waals surface area contributed by atoms with E-state index in [0.717, 1.165) is 12.0 Å². The van der Waals surface area contributed by atoms with Gasteiger partial charge in [-0.3, -0.25) is 4.79 Å². The number of aryl methyl sites for hydroxylation is 1. The molecular formula is C25H33FN2O7. The molecule has 3 atom stereocenters. The highest BCUT2D eigenvalue weighted by atomic mass is 19.1. The first-order chi connectivity index (χ1) is 16.7. The number of nitrogens with one attached hydrogen (secondary N) is 1. The van der Waals surface area contributed by atoms with Gasteiger partial charge in [-0.15, -0.1) is 0 Å². The van der Waals surface area contributed by atoms with E-state index >= 15 is 0 Å². The molecule has 0 aliphatic carbocycles. The molecule has 0 radical (unpaired) electrons. The van der Waals surface area contributed by atoms with Crippen molar-refractivity contribution < 1.29 is 38.0 Å². The van der Waals surface area contributed by atoms with E-state index < -0.39 is 23.7 Å². The zero-order chi connectivity index (χ0) is 25.8. The number of rotatable bonds is 6. The Kier molecular flexibility index (Phi) is 11.4. The van der Waals surface area contributed by atoms with Crippen LogP contribution in [0.5, 0.6) is 11.5 Å². The number of hydrogen-bond acceptors (Lipinski definition) is 8. The van der Waals surface area contributed by atoms with Gasteiger partial charge in [-0.2, -0.15) is 0 Å². The van der Waals surface area contributed by atoms with Gasteiger partial charge in [0.15, 0.2) is 23.2 Å². The van der Waals surface area contributed by atoms with Crippen molar-refractivity contribution in [2.45, 2.75) is 51.9 Å². The highest BCUT2D eigenvalue weighted by molar-refractivity contribution is 5.98. The first-order valence-electron chi connectivity index (χ1n) is 11.4. The summed E-state index contributed by atoms with van der Waals surface area (Å²) in [5.74, 6) is -1.82. The maximum absolute atomic E-state index is 12.4. The maximum atomic E-state index is 12.4. The van der Waals surface area contributed by atoms with Crippen molar-refractivity contribution in [3.63, 3.8) is 0 Å². The molecule has 9 nitrogen and oxygen atoms in total. The van der Waals surface area contributed by atoms with Crippen LogP contribution < -0.4 is 10.1 Å². The van der Waals surface area contributed by atoms with Crippen LogP contribution in [0.3, 0.4) is 0 Å². The summed E-state index contributed by atoms with van der Waals surface area (Å²) in [7, 11) is 1.36. The Morgan fingerprint density at radius 2 is 1.97 bits per heavy atom. The number of esters is 1. The summed E-state index contributed by atoms with van der Waals surface area (Å²) in [6.45, 7) is 6.51. The predicted molar refractivity (Wildman–Crippen MR) is 126 cm³/mol. The average Bonchev–Trinajstić information content (AvgIpc) is 2.89. The number of hydrogen-bond donors (Lipinski definition) is 2. The van der Waals surface area contributed by atoms with E-state index in [2.05, 4.69) is 10.3 Å². The molecule has 0 spiro atoms. The second-order valence-electron chi connectivity index (χ2n) is 8.05. The molecule has 2 unspecified atom stereocenters. The van der Waals surface area contributed by atoms with Crippen LogP contribution in [0.1, 0.15) is 42.7 Å². The maximum Gasteiger partial charge on any atom is 0.331 e. The summed E-state index contributed by atoms with van der Waals surface area (Å²) in [6.07, 6.45) is 2.13. The smallest absolute Gasteiger partial charge is 0.331 e. The molecule has 0 bridgehead atoms. The third kappa shape index (κ3) is 9.14. The van der Waals surface area contributed by atoms with Gasteiger partial charge in [0.1, 0.15) is 11.9 Å². The Morgan fingerprint density at radius 3 is 2.60 bits per heavy atom. The minimum atomic E-state index is -1.03. The lowest BCUT2D eigenvalue weighted by Gasteiger charge is -2.20. The lowest BCUT2D eigenvalue weighted by Crippen LogP contribution is -2.45. The minimum absolute atomic E-state index is 0.0754. The number of carbonyl (C=O) groups is 2. The van der Waals surface area contributed by atoms with Crippen molar-refractivity contribution in [3.05, 3.63) is 53.6 Å². The number of aromatic hydroxyl groups is 1. The van der Waals surface area contributed by atoms with E-state index in [1.165, 1.54) is 31.5 Å². The lowest BCUT2D eigenvalue weighted by molar-refractivity contribution is -0.151. The van der Waals surface area contributed by atoms with Crippen LogP contribution in [0.2, 0.25) is 0 Å². The van der Waals surface area contributed by atoms with Crippen molar-refractivity contribution in [3.8, 4) is 11.5 Å². The van der Waals surface area contributed by atoms with Crippen LogP contribution in [-0.2, 0) is 19.0 Å². The fourth-order valence-corrected chi connectivity index (χ4v) is 3.18. The zero-order valence-corrected chi connectivity index (χ0v) is 20.5. The molecule has 0 saturated carbocycles. The number of halogens is 1. The number of cyclic esters (lactones) is 1. The van der Waals surface area contributed by atoms with Gasteiger partial charge in [-0.05, 0) is 32.4 Å². The Labute approximate surface area is 204 Å². The molecule has 1 fully saturated rings. The third-order valence-electron chi connectivity index (χ3n) is 4.98. The number of ether oxygens (including phenoxy) is 4. The van der Waals surface area contributed by atoms with Crippen molar-refractivity contribution in [2.24, 2.45) is 0 Å². The number of amides is 1. The second kappa shape index (κ2) is 14.2. The van der Waals surface area contributed by atoms with Crippen LogP contribution >= 0.6 is 0 Å². The summed E-state index contributed by atoms with van der Waals surface area (Å²) in [5, 5.41) is 12.5. The largest absolute Gasteiger partial charge is 0.503 e. The van der Waals surface area contributed by atoms with E-state index in [-0.39, 0.29) is 42.7 Å². The molecule has 35 heavy (non-hydrogen) atoms. The number of nitrogens with zero attached hydrogens (tertiary/aromatic N) is 1. The fraction of sp³-hybridized carbons (Fsp3) is 0.480. The van der Waals surface area contributed by atoms with E-state index in [9.17, 15) is 19.1 Å². The monoisotopic (exact) mass is 492 g/mol. The van der Waals surface area contributed by atoms with E-state index in [1.54, 1.807) is 19.1 Å². The number of pyridine rings is 1. The van der Waals surface area contributed by atoms with Crippen molar-refractivity contribution in [1.29, 1.82) is 0 Å². The van der Waals surface area contributed by atoms with Crippen LogP contribution in [0.4, 0.5) is 4.39 Å². The summed E-state index contributed by atoms with van der Waals surface area (Å²) in [6, 6.07) is 6.79. The molecule has 2 N–H and O–H groups in total. The highest BCUT2D eigenvalue weighted by Gasteiger charge is 2.30. The van der Waals surface area contributed by atoms with E-state index in [4.69, 9.17) is 18.9 Å². The Morgan fingerprint density at radius 1 is 1.26 bits per heavy atom. The van der Waals surface area contributed by atoms with Crippen LogP contribution in [0.15, 0.2) is 36.5 Å². The van der Waals surface area contributed by atoms with E-state index in [0.29, 0.717) is 13.0 Å². The molecule has 1 amide bonds. The quantitative estimate of drug-likeness (QED) is 0.591. The normalized spacial score (nSPS) is 20.3. The summed E-state index contributed by atoms with van der Waals surface area (Å²) in [5.41, 5.74) is 0.839. The Hall–Kier alpha value is -3.24. The van der Waals surface area contributed by atoms with Gasteiger partial charge in [0, 0.05) is 25.3 Å². The second-order valence-corrected chi connectivity index (χ2v) is 8.05. The van der Waals surface area contributed by atoms with Crippen LogP contribution in [-0.4, -0.2) is 67.1 Å². The molecule has 192 valence electrons. The van der Waals surface area contributed by atoms with Gasteiger partial charge in [-0.1, -0.05) is 24.6 Å². The fourth-order valence-electron chi connectivity index (χ4n) is 3.18. The van der Waals surface area contributed by atoms with Crippen molar-refractivity contribution in [1.82, 2.24) is 10.3 Å². The average molecular weight is 493 g/mol. The van der Waals surface area contributed by atoms with Gasteiger partial charge >= 0.3 is 5.97 Å². The summed E-state index contributed by atoms with van der Waals surface area (Å²) >= 11 is 0. The van der Waals surface area contributed by atoms with Gasteiger partial charge in [0.25, 0.3) is 5.91 Å². The zero-order valence-electron chi connectivity index (χ0n) is 20.5. The van der Waals surface area contributed by atoms with Crippen molar-refractivity contribution in [2.75, 3.05) is 26.9 Å². The third-order valence-corrected chi connectivity index (χ3v) is 4.98. The number of carbonyl (C=O) groups excluding carboxylic acids is 2. The highest BCUT2D eigenvalue weighted by Crippen LogP contribution is 2.27. The first-order valence-corrected chi connectivity index (χ1v) is 11.4. The molecule has 1 saturated heterocycles. The molecule has 1 aliphatic rings. The number of aromatic nitrogens is 1. The molecule has 1 aromatic carbocycles. The summed E-state index contributed by atoms with van der Waals surface area (Å²) in [4.78, 5) is 28.6. The van der Waals surface area contributed by atoms with Gasteiger partial charge in [0.05, 0.1) is 26.4 Å². The lowest BCUT2D eigenvalue weighted by atomic mass is 10.2. The van der Waals surface area contributed by atoms with Gasteiger partial charge in [-0.25, -0.2) is 14.2 Å². The molecule has 10 heteroatoms. The Balaban J connectivity index is 0.000000456. The van der Waals surface area contributed by atoms with Crippen LogP contribution in [0, 0.1) is 12.7 Å². The molecular weight excluding hydrogens is 459 g/mol. The molecule has 1 aliphatic heterocycles. The van der Waals surface area contributed by atoms with Gasteiger partial charge in [0.2, 0.25) is 0 Å². The van der Waals surface area contributed by atoms with Gasteiger partial charge < -0.3 is 29.4 Å². The molecule has 2 heterocycles. The first kappa shape index (κ1) is 28.0. The van der Waals surface area contributed by atoms with E-state index in [1.807, 2.05) is 13.8 Å². The topological polar surface area (TPSA) is 116 Å². The SMILES string of the molecule is CCCOC1COC[C@H](NC(=O)c2nccc(OC)c2O)C(=O)OC(C)C1.Cc1ccc(F)cc1. The Bertz CT molecular complexity index is 934. The number of methoxy groups -OCH3 is 1. The summed E-state index contributed by atoms with van der Waals surface area (Å²) < 4.78 is 33.7. The number of benzene rings is 1. The molecule has 1 aromatic heterocycles. The molecule has 2 aromatic rings. The predicted octanol–water partition coefficient (Wildman–Crippen LogP) is 3.18. The standard InChI is InChI=1S/C18H26N2O7.C7H7F/c1-4-7-26-12-8-11(2)27-18(23)13(10-25-9-12)20-17(22)15-16(21)14(24-3)5-6-19-15;1-6-2-4-7(8)5-3-6/h5-6,11-13,21H,4,7-10H2,1-3H3,(H,20,22);2-5H,1H3/t11?,12?,13-;/m0./s1.